The van der Waals surface area contributed by atoms with Crippen molar-refractivity contribution in [3.05, 3.63) is 58.5 Å². The first-order chi connectivity index (χ1) is 17.8. The Bertz CT molecular complexity index is 1220. The quantitative estimate of drug-likeness (QED) is 0.346. The van der Waals surface area contributed by atoms with Gasteiger partial charge >= 0.3 is 5.97 Å². The molecule has 0 unspecified atom stereocenters. The van der Waals surface area contributed by atoms with Crippen LogP contribution >= 0.6 is 24.0 Å². The number of hydrogen-bond donors (Lipinski definition) is 1. The molecule has 0 spiro atoms. The van der Waals surface area contributed by atoms with E-state index < -0.39 is 17.6 Å². The Hall–Kier alpha value is -2.86. The Kier molecular flexibility index (Phi) is 9.25. The first-order valence-corrected chi connectivity index (χ1v) is 13.0. The number of benzene rings is 2. The van der Waals surface area contributed by atoms with Crippen LogP contribution in [0.25, 0.3) is 17.2 Å². The van der Waals surface area contributed by atoms with Crippen LogP contribution in [-0.4, -0.2) is 77.1 Å². The average Bonchev–Trinajstić information content (AvgIpc) is 3.14. The third-order valence-corrected chi connectivity index (χ3v) is 7.34. The summed E-state index contributed by atoms with van der Waals surface area (Å²) in [5, 5.41) is 8.88. The minimum absolute atomic E-state index is 0.0620. The molecule has 2 saturated heterocycles. The van der Waals surface area contributed by atoms with E-state index in [1.54, 1.807) is 24.3 Å². The Labute approximate surface area is 223 Å². The second-order valence-corrected chi connectivity index (χ2v) is 10.2. The minimum Gasteiger partial charge on any atom is -0.492 e. The zero-order valence-corrected chi connectivity index (χ0v) is 21.6. The molecule has 196 valence electrons. The van der Waals surface area contributed by atoms with Gasteiger partial charge in [0, 0.05) is 38.2 Å². The van der Waals surface area contributed by atoms with Crippen LogP contribution in [0.1, 0.15) is 18.4 Å². The molecule has 2 aromatic carbocycles. The van der Waals surface area contributed by atoms with E-state index in [-0.39, 0.29) is 25.3 Å². The number of amides is 1. The highest BCUT2D eigenvalue weighted by Crippen LogP contribution is 2.36. The van der Waals surface area contributed by atoms with E-state index in [2.05, 4.69) is 4.90 Å². The molecule has 0 aliphatic carbocycles. The van der Waals surface area contributed by atoms with Gasteiger partial charge in [-0.05, 0) is 47.9 Å². The van der Waals surface area contributed by atoms with E-state index >= 15 is 0 Å². The van der Waals surface area contributed by atoms with Gasteiger partial charge in [0.1, 0.15) is 16.7 Å². The first kappa shape index (κ1) is 27.2. The van der Waals surface area contributed by atoms with Crippen LogP contribution in [0.2, 0.25) is 0 Å². The number of carboxylic acid groups (broad SMARTS) is 1. The van der Waals surface area contributed by atoms with Gasteiger partial charge < -0.3 is 14.6 Å². The number of aliphatic carboxylic acids is 1. The van der Waals surface area contributed by atoms with Crippen molar-refractivity contribution in [2.24, 2.45) is 0 Å². The minimum atomic E-state index is -0.952. The summed E-state index contributed by atoms with van der Waals surface area (Å²) in [6, 6.07) is 8.93. The molecule has 2 aromatic rings. The number of carbonyl (C=O) groups excluding carboxylic acids is 1. The molecule has 0 radical (unpaired) electrons. The van der Waals surface area contributed by atoms with Crippen LogP contribution in [0.3, 0.4) is 0 Å². The van der Waals surface area contributed by atoms with Crippen molar-refractivity contribution < 1.29 is 33.0 Å². The molecule has 0 atom stereocenters. The number of hydrogen-bond acceptors (Lipinski definition) is 7. The summed E-state index contributed by atoms with van der Waals surface area (Å²) in [5.41, 5.74) is 1.70. The van der Waals surface area contributed by atoms with Crippen LogP contribution in [0.15, 0.2) is 41.3 Å². The molecule has 4 rings (SSSR count). The van der Waals surface area contributed by atoms with Crippen molar-refractivity contribution >= 4 is 46.3 Å². The summed E-state index contributed by atoms with van der Waals surface area (Å²) in [5.74, 6) is -2.59. The smallest absolute Gasteiger partial charge is 0.303 e. The summed E-state index contributed by atoms with van der Waals surface area (Å²) < 4.78 is 39.1. The standard InChI is InChI=1S/C26H26F2N2O5S2/c27-20-5-3-18(15-21(20)28)17-4-6-22(35-13-10-29-8-11-34-12-9-29)19(14-17)16-23-25(33)30(26(36)37-23)7-1-2-24(31)32/h3-6,14-16H,1-2,7-13H2,(H,31,32)/b23-16-. The third-order valence-electron chi connectivity index (χ3n) is 5.96. The van der Waals surface area contributed by atoms with Crippen molar-refractivity contribution in [2.45, 2.75) is 12.8 Å². The van der Waals surface area contributed by atoms with Crippen molar-refractivity contribution in [2.75, 3.05) is 46.0 Å². The molecule has 0 aromatic heterocycles. The SMILES string of the molecule is O=C(O)CCCN1C(=O)/C(=C/c2cc(-c3ccc(F)c(F)c3)ccc2OCCN2CCOCC2)SC1=S. The summed E-state index contributed by atoms with van der Waals surface area (Å²) in [6.07, 6.45) is 1.90. The second-order valence-electron chi connectivity index (χ2n) is 8.51. The Morgan fingerprint density at radius 1 is 1.11 bits per heavy atom. The monoisotopic (exact) mass is 548 g/mol. The predicted octanol–water partition coefficient (Wildman–Crippen LogP) is 4.41. The number of thioether (sulfide) groups is 1. The molecule has 2 heterocycles. The fourth-order valence-electron chi connectivity index (χ4n) is 3.98. The molecular formula is C26H26F2N2O5S2. The van der Waals surface area contributed by atoms with Crippen molar-refractivity contribution in [1.29, 1.82) is 0 Å². The molecule has 1 N–H and O–H groups in total. The van der Waals surface area contributed by atoms with Gasteiger partial charge in [-0.2, -0.15) is 0 Å². The van der Waals surface area contributed by atoms with Crippen LogP contribution in [0.5, 0.6) is 5.75 Å². The van der Waals surface area contributed by atoms with Crippen LogP contribution < -0.4 is 4.74 Å². The summed E-state index contributed by atoms with van der Waals surface area (Å²) >= 11 is 6.48. The summed E-state index contributed by atoms with van der Waals surface area (Å²) in [6.45, 7) is 4.36. The average molecular weight is 549 g/mol. The zero-order valence-electron chi connectivity index (χ0n) is 20.0. The zero-order chi connectivity index (χ0) is 26.4. The molecular weight excluding hydrogens is 522 g/mol. The van der Waals surface area contributed by atoms with Gasteiger partial charge in [-0.25, -0.2) is 8.78 Å². The van der Waals surface area contributed by atoms with Gasteiger partial charge in [0.25, 0.3) is 5.91 Å². The Morgan fingerprint density at radius 3 is 2.57 bits per heavy atom. The van der Waals surface area contributed by atoms with E-state index in [0.717, 1.165) is 37.0 Å². The molecule has 0 saturated carbocycles. The van der Waals surface area contributed by atoms with Crippen molar-refractivity contribution in [3.63, 3.8) is 0 Å². The van der Waals surface area contributed by atoms with Crippen LogP contribution in [0, 0.1) is 11.6 Å². The number of nitrogens with zero attached hydrogens (tertiary/aromatic N) is 2. The number of carbonyl (C=O) groups is 2. The Balaban J connectivity index is 1.58. The summed E-state index contributed by atoms with van der Waals surface area (Å²) in [4.78, 5) is 27.9. The number of morpholine rings is 1. The van der Waals surface area contributed by atoms with Gasteiger partial charge in [-0.3, -0.25) is 19.4 Å². The van der Waals surface area contributed by atoms with E-state index in [1.807, 2.05) is 0 Å². The highest BCUT2D eigenvalue weighted by atomic mass is 32.2. The maximum atomic E-state index is 13.9. The van der Waals surface area contributed by atoms with Gasteiger partial charge in [-0.15, -0.1) is 0 Å². The number of halogens is 2. The van der Waals surface area contributed by atoms with Gasteiger partial charge in [0.15, 0.2) is 11.6 Å². The lowest BCUT2D eigenvalue weighted by Gasteiger charge is -2.26. The van der Waals surface area contributed by atoms with E-state index in [0.29, 0.717) is 58.0 Å². The van der Waals surface area contributed by atoms with Crippen molar-refractivity contribution in [3.8, 4) is 16.9 Å². The lowest BCUT2D eigenvalue weighted by Crippen LogP contribution is -2.38. The fraction of sp³-hybridized carbons (Fsp3) is 0.346. The third kappa shape index (κ3) is 7.13. The fourth-order valence-corrected chi connectivity index (χ4v) is 5.28. The Morgan fingerprint density at radius 2 is 1.84 bits per heavy atom. The largest absolute Gasteiger partial charge is 0.492 e. The summed E-state index contributed by atoms with van der Waals surface area (Å²) in [7, 11) is 0. The van der Waals surface area contributed by atoms with E-state index in [1.165, 1.54) is 11.0 Å². The lowest BCUT2D eigenvalue weighted by molar-refractivity contribution is -0.137. The van der Waals surface area contributed by atoms with Crippen LogP contribution in [0.4, 0.5) is 8.78 Å². The number of ether oxygens (including phenoxy) is 2. The number of thiocarbonyl (C=S) groups is 1. The molecule has 11 heteroatoms. The van der Waals surface area contributed by atoms with Gasteiger partial charge in [-0.1, -0.05) is 36.1 Å². The topological polar surface area (TPSA) is 79.3 Å². The van der Waals surface area contributed by atoms with Gasteiger partial charge in [0.05, 0.1) is 18.1 Å². The van der Waals surface area contributed by atoms with Crippen LogP contribution in [-0.2, 0) is 14.3 Å². The second kappa shape index (κ2) is 12.6. The molecule has 2 aliphatic rings. The maximum Gasteiger partial charge on any atom is 0.303 e. The van der Waals surface area contributed by atoms with E-state index in [4.69, 9.17) is 26.8 Å². The first-order valence-electron chi connectivity index (χ1n) is 11.8. The molecule has 2 aliphatic heterocycles. The maximum absolute atomic E-state index is 13.9. The molecule has 1 amide bonds. The van der Waals surface area contributed by atoms with Crippen molar-refractivity contribution in [1.82, 2.24) is 9.80 Å². The molecule has 2 fully saturated rings. The number of rotatable bonds is 10. The highest BCUT2D eigenvalue weighted by molar-refractivity contribution is 8.26. The molecule has 0 bridgehead atoms. The van der Waals surface area contributed by atoms with Gasteiger partial charge in [0.2, 0.25) is 0 Å². The highest BCUT2D eigenvalue weighted by Gasteiger charge is 2.32. The molecule has 37 heavy (non-hydrogen) atoms. The van der Waals surface area contributed by atoms with E-state index in [9.17, 15) is 18.4 Å². The lowest BCUT2D eigenvalue weighted by atomic mass is 10.0. The normalized spacial score (nSPS) is 17.6. The number of carboxylic acids is 1. The molecule has 7 nitrogen and oxygen atoms in total. The predicted molar refractivity (Wildman–Crippen MR) is 141 cm³/mol.